The summed E-state index contributed by atoms with van der Waals surface area (Å²) in [5.74, 6) is 0. The minimum atomic E-state index is 0.361. The van der Waals surface area contributed by atoms with Gasteiger partial charge in [0.25, 0.3) is 0 Å². The number of hydrogen-bond donors (Lipinski definition) is 2. The van der Waals surface area contributed by atoms with Crippen molar-refractivity contribution < 1.29 is 0 Å². The van der Waals surface area contributed by atoms with Crippen LogP contribution in [-0.2, 0) is 13.1 Å². The first kappa shape index (κ1) is 13.0. The van der Waals surface area contributed by atoms with Crippen molar-refractivity contribution in [1.82, 2.24) is 20.4 Å². The molecule has 0 spiro atoms. The van der Waals surface area contributed by atoms with Gasteiger partial charge in [0.15, 0.2) is 5.11 Å². The second kappa shape index (κ2) is 5.84. The highest BCUT2D eigenvalue weighted by atomic mass is 32.1. The van der Waals surface area contributed by atoms with E-state index in [9.17, 15) is 0 Å². The van der Waals surface area contributed by atoms with Gasteiger partial charge in [-0.05, 0) is 39.9 Å². The zero-order chi connectivity index (χ0) is 12.1. The molecule has 90 valence electrons. The van der Waals surface area contributed by atoms with E-state index in [0.717, 1.165) is 13.1 Å². The van der Waals surface area contributed by atoms with Gasteiger partial charge in [-0.15, -0.1) is 0 Å². The molecule has 0 radical (unpaired) electrons. The number of aromatic nitrogens is 2. The zero-order valence-electron chi connectivity index (χ0n) is 10.4. The fraction of sp³-hybridized carbons (Fsp3) is 0.636. The van der Waals surface area contributed by atoms with Crippen LogP contribution in [0.4, 0.5) is 0 Å². The van der Waals surface area contributed by atoms with Gasteiger partial charge in [-0.1, -0.05) is 0 Å². The van der Waals surface area contributed by atoms with Gasteiger partial charge in [-0.2, -0.15) is 5.10 Å². The van der Waals surface area contributed by atoms with Crippen LogP contribution in [0.1, 0.15) is 32.0 Å². The van der Waals surface area contributed by atoms with E-state index in [0.29, 0.717) is 11.2 Å². The van der Waals surface area contributed by atoms with Crippen molar-refractivity contribution in [1.29, 1.82) is 0 Å². The van der Waals surface area contributed by atoms with Crippen LogP contribution in [0.5, 0.6) is 0 Å². The monoisotopic (exact) mass is 240 g/mol. The summed E-state index contributed by atoms with van der Waals surface area (Å²) in [6, 6.07) is 0.361. The van der Waals surface area contributed by atoms with Crippen molar-refractivity contribution in [2.75, 3.05) is 0 Å². The third-order valence-corrected chi connectivity index (χ3v) is 2.63. The molecular formula is C11H20N4S. The molecule has 0 aromatic carbocycles. The molecule has 0 bridgehead atoms. The molecule has 1 aromatic rings. The van der Waals surface area contributed by atoms with Crippen LogP contribution in [0.15, 0.2) is 6.20 Å². The van der Waals surface area contributed by atoms with Crippen LogP contribution in [0, 0.1) is 6.92 Å². The van der Waals surface area contributed by atoms with Crippen molar-refractivity contribution in [3.63, 3.8) is 0 Å². The molecule has 0 amide bonds. The lowest BCUT2D eigenvalue weighted by Gasteiger charge is -2.12. The summed E-state index contributed by atoms with van der Waals surface area (Å²) in [5.41, 5.74) is 2.39. The van der Waals surface area contributed by atoms with Gasteiger partial charge in [0, 0.05) is 30.4 Å². The first-order valence-corrected chi connectivity index (χ1v) is 6.01. The van der Waals surface area contributed by atoms with Gasteiger partial charge < -0.3 is 10.6 Å². The molecule has 4 nitrogen and oxygen atoms in total. The Morgan fingerprint density at radius 1 is 1.56 bits per heavy atom. The molecular weight excluding hydrogens is 220 g/mol. The molecule has 0 fully saturated rings. The van der Waals surface area contributed by atoms with Crippen LogP contribution in [-0.4, -0.2) is 20.9 Å². The van der Waals surface area contributed by atoms with E-state index >= 15 is 0 Å². The number of nitrogens with zero attached hydrogens (tertiary/aromatic N) is 2. The molecule has 0 aliphatic carbocycles. The van der Waals surface area contributed by atoms with E-state index in [1.165, 1.54) is 11.3 Å². The maximum absolute atomic E-state index is 5.16. The largest absolute Gasteiger partial charge is 0.361 e. The second-order valence-electron chi connectivity index (χ2n) is 4.05. The maximum atomic E-state index is 5.16. The molecule has 1 rings (SSSR count). The normalized spacial score (nSPS) is 10.6. The standard InChI is InChI=1S/C11H20N4S/c1-5-15-9(4)10(7-13-15)6-12-11(16)14-8(2)3/h7-8H,5-6H2,1-4H3,(H2,12,14,16). The Labute approximate surface area is 102 Å². The number of hydrogen-bond acceptors (Lipinski definition) is 2. The lowest BCUT2D eigenvalue weighted by molar-refractivity contribution is 0.637. The van der Waals surface area contributed by atoms with Crippen molar-refractivity contribution >= 4 is 17.3 Å². The van der Waals surface area contributed by atoms with Gasteiger partial charge in [0.1, 0.15) is 0 Å². The van der Waals surface area contributed by atoms with Crippen molar-refractivity contribution in [3.05, 3.63) is 17.5 Å². The van der Waals surface area contributed by atoms with Crippen molar-refractivity contribution in [2.24, 2.45) is 0 Å². The summed E-state index contributed by atoms with van der Waals surface area (Å²) in [6.45, 7) is 9.92. The predicted octanol–water partition coefficient (Wildman–Crippen LogP) is 1.58. The van der Waals surface area contributed by atoms with Crippen molar-refractivity contribution in [2.45, 2.75) is 46.8 Å². The van der Waals surface area contributed by atoms with Gasteiger partial charge in [-0.3, -0.25) is 4.68 Å². The second-order valence-corrected chi connectivity index (χ2v) is 4.46. The Bertz CT molecular complexity index is 357. The van der Waals surface area contributed by atoms with Crippen LogP contribution in [0.2, 0.25) is 0 Å². The quantitative estimate of drug-likeness (QED) is 0.784. The van der Waals surface area contributed by atoms with Crippen LogP contribution >= 0.6 is 12.2 Å². The van der Waals surface area contributed by atoms with E-state index in [2.05, 4.69) is 43.4 Å². The van der Waals surface area contributed by atoms with Crippen molar-refractivity contribution in [3.8, 4) is 0 Å². The fourth-order valence-corrected chi connectivity index (χ4v) is 1.77. The van der Waals surface area contributed by atoms with E-state index in [-0.39, 0.29) is 0 Å². The van der Waals surface area contributed by atoms with Gasteiger partial charge in [0.05, 0.1) is 6.20 Å². The topological polar surface area (TPSA) is 41.9 Å². The third-order valence-electron chi connectivity index (χ3n) is 2.36. The molecule has 0 atom stereocenters. The Morgan fingerprint density at radius 2 is 2.25 bits per heavy atom. The summed E-state index contributed by atoms with van der Waals surface area (Å²) in [6.07, 6.45) is 1.89. The molecule has 1 aromatic heterocycles. The zero-order valence-corrected chi connectivity index (χ0v) is 11.2. The molecule has 0 aliphatic rings. The molecule has 0 saturated carbocycles. The lowest BCUT2D eigenvalue weighted by Crippen LogP contribution is -2.38. The fourth-order valence-electron chi connectivity index (χ4n) is 1.47. The maximum Gasteiger partial charge on any atom is 0.166 e. The molecule has 1 heterocycles. The molecule has 0 aliphatic heterocycles. The van der Waals surface area contributed by atoms with Gasteiger partial charge in [0.2, 0.25) is 0 Å². The lowest BCUT2D eigenvalue weighted by atomic mass is 10.2. The number of rotatable bonds is 4. The summed E-state index contributed by atoms with van der Waals surface area (Å²) in [5, 5.41) is 11.3. The van der Waals surface area contributed by atoms with Crippen LogP contribution in [0.3, 0.4) is 0 Å². The molecule has 0 unspecified atom stereocenters. The molecule has 2 N–H and O–H groups in total. The summed E-state index contributed by atoms with van der Waals surface area (Å²) < 4.78 is 1.98. The number of aryl methyl sites for hydroxylation is 1. The Hall–Kier alpha value is -1.10. The molecule has 16 heavy (non-hydrogen) atoms. The average Bonchev–Trinajstić information content (AvgIpc) is 2.55. The third kappa shape index (κ3) is 3.48. The predicted molar refractivity (Wildman–Crippen MR) is 70.3 cm³/mol. The smallest absolute Gasteiger partial charge is 0.166 e. The van der Waals surface area contributed by atoms with Gasteiger partial charge in [-0.25, -0.2) is 0 Å². The van der Waals surface area contributed by atoms with Crippen LogP contribution < -0.4 is 10.6 Å². The van der Waals surface area contributed by atoms with Crippen LogP contribution in [0.25, 0.3) is 0 Å². The Kier molecular flexibility index (Phi) is 4.73. The average molecular weight is 240 g/mol. The number of nitrogens with one attached hydrogen (secondary N) is 2. The van der Waals surface area contributed by atoms with Gasteiger partial charge >= 0.3 is 0 Å². The summed E-state index contributed by atoms with van der Waals surface area (Å²) in [7, 11) is 0. The highest BCUT2D eigenvalue weighted by Gasteiger charge is 2.05. The first-order valence-electron chi connectivity index (χ1n) is 5.60. The Balaban J connectivity index is 2.48. The SMILES string of the molecule is CCn1ncc(CNC(=S)NC(C)C)c1C. The van der Waals surface area contributed by atoms with E-state index in [1.54, 1.807) is 0 Å². The first-order chi connectivity index (χ1) is 7.54. The van der Waals surface area contributed by atoms with E-state index in [1.807, 2.05) is 10.9 Å². The molecule has 0 saturated heterocycles. The molecule has 5 heteroatoms. The van der Waals surface area contributed by atoms with E-state index in [4.69, 9.17) is 12.2 Å². The Morgan fingerprint density at radius 3 is 2.75 bits per heavy atom. The van der Waals surface area contributed by atoms with E-state index < -0.39 is 0 Å². The summed E-state index contributed by atoms with van der Waals surface area (Å²) >= 11 is 5.16. The minimum absolute atomic E-state index is 0.361. The highest BCUT2D eigenvalue weighted by Crippen LogP contribution is 2.06. The minimum Gasteiger partial charge on any atom is -0.361 e. The highest BCUT2D eigenvalue weighted by molar-refractivity contribution is 7.80. The number of thiocarbonyl (C=S) groups is 1. The summed E-state index contributed by atoms with van der Waals surface area (Å²) in [4.78, 5) is 0.